The molecule has 1 aromatic heterocycles. The lowest BCUT2D eigenvalue weighted by Gasteiger charge is -2.31. The number of nitrogens with zero attached hydrogens (tertiary/aromatic N) is 4. The first-order valence-corrected chi connectivity index (χ1v) is 42.5. The lowest BCUT2D eigenvalue weighted by molar-refractivity contribution is -0.144. The number of primary amides is 4. The topological polar surface area (TPSA) is 744 Å². The maximum absolute atomic E-state index is 14.6. The van der Waals surface area contributed by atoms with E-state index < -0.39 is 307 Å². The van der Waals surface area contributed by atoms with Crippen molar-refractivity contribution in [1.82, 2.24) is 93.8 Å². The molecule has 0 radical (unpaired) electrons. The van der Waals surface area contributed by atoms with Crippen molar-refractivity contribution < 1.29 is 116 Å². The number of carbonyl (C=O) groups excluding carboxylic acids is 20. The number of aromatic nitrogens is 2. The zero-order chi connectivity index (χ0) is 93.4. The van der Waals surface area contributed by atoms with Crippen LogP contribution in [0.25, 0.3) is 0 Å². The summed E-state index contributed by atoms with van der Waals surface area (Å²) in [6.07, 6.45) is -1.86. The van der Waals surface area contributed by atoms with Gasteiger partial charge in [0.05, 0.1) is 44.3 Å². The second-order valence-electron chi connectivity index (χ2n) is 30.8. The number of aromatic amines is 1. The molecule has 1 aromatic rings. The fourth-order valence-corrected chi connectivity index (χ4v) is 14.6. The normalized spacial score (nSPS) is 18.8. The standard InChI is InChI=1S/C73H117N23O24S4/c1-8-33(6)55(69(116)86-42(26-121)57(78)104)92-58(105)37(15-16-49(75)99)81-64(111)47-13-10-18-95(47)72(119)39(22-50(76)100)83-59(106)38(20-35-24-79-30-80-35)82-67(114)54(32(4)5)91-70(117)56(34(7)98)93-63(110)45(29-124)89-68(115)53(31(2)3)90-66(113)48-14-11-19-96(48)73(120)40(23-51(77)101)84-60(107)41(25-97)85-61(108)43(27-122)87-62(109)44(28-123)88-65(112)46-12-9-17-94(46)71(118)36(74)21-52(102)103/h24,30-34,36-48,53-56,97-98,121-124H,8-23,25-29,74H2,1-7H3,(H2,75,99)(H2,76,100)(H2,77,101)(H2,78,104)(H,79,80)(H,81,111)(H,82,114)(H,83,106)(H,84,107)(H,85,108)(H,86,116)(H,87,109)(H,88,112)(H,89,115)(H,90,113)(H,91,117)(H,92,105)(H,93,110)(H,102,103). The number of carboxylic acids is 1. The van der Waals surface area contributed by atoms with Gasteiger partial charge in [0.1, 0.15) is 96.7 Å². The highest BCUT2D eigenvalue weighted by atomic mass is 32.1. The fourth-order valence-electron chi connectivity index (χ4n) is 13.6. The Hall–Kier alpha value is -10.6. The molecule has 0 bridgehead atoms. The van der Waals surface area contributed by atoms with Crippen LogP contribution in [0.2, 0.25) is 0 Å². The number of H-pyrrole nitrogens is 1. The molecule has 0 aliphatic carbocycles. The zero-order valence-electron chi connectivity index (χ0n) is 69.5. The maximum Gasteiger partial charge on any atom is 0.305 e. The average Bonchev–Trinajstić information content (AvgIpc) is 1.74. The number of nitrogens with two attached hydrogens (primary N) is 5. The molecule has 0 aromatic carbocycles. The predicted octanol–water partition coefficient (Wildman–Crippen LogP) is -11.0. The summed E-state index contributed by atoms with van der Waals surface area (Å²) in [6.45, 7) is 9.03. The Labute approximate surface area is 735 Å². The molecule has 3 aliphatic rings. The Bertz CT molecular complexity index is 4020. The number of likely N-dealkylation sites (tertiary alicyclic amines) is 3. The van der Waals surface area contributed by atoms with Crippen LogP contribution in [0.3, 0.4) is 0 Å². The molecule has 20 amide bonds. The fraction of sp³-hybridized carbons (Fsp3) is 0.671. The van der Waals surface area contributed by atoms with Crippen molar-refractivity contribution in [3.8, 4) is 0 Å². The van der Waals surface area contributed by atoms with Gasteiger partial charge in [0, 0.05) is 67.4 Å². The second kappa shape index (κ2) is 51.0. The van der Waals surface area contributed by atoms with Crippen molar-refractivity contribution in [3.63, 3.8) is 0 Å². The van der Waals surface area contributed by atoms with Gasteiger partial charge in [0.15, 0.2) is 0 Å². The van der Waals surface area contributed by atoms with Gasteiger partial charge in [0.2, 0.25) is 118 Å². The Kier molecular flexibility index (Phi) is 43.4. The molecule has 27 N–H and O–H groups in total. The number of hydrogen-bond acceptors (Lipinski definition) is 29. The van der Waals surface area contributed by atoms with E-state index in [9.17, 15) is 111 Å². The van der Waals surface area contributed by atoms with Gasteiger partial charge in [-0.25, -0.2) is 4.98 Å². The first kappa shape index (κ1) is 106. The van der Waals surface area contributed by atoms with Gasteiger partial charge in [-0.2, -0.15) is 50.5 Å². The lowest BCUT2D eigenvalue weighted by atomic mass is 9.97. The molecule has 51 heteroatoms. The van der Waals surface area contributed by atoms with Crippen molar-refractivity contribution in [1.29, 1.82) is 0 Å². The highest BCUT2D eigenvalue weighted by Crippen LogP contribution is 2.24. The van der Waals surface area contributed by atoms with Gasteiger partial charge in [-0.15, -0.1) is 0 Å². The van der Waals surface area contributed by atoms with Crippen LogP contribution in [0.4, 0.5) is 0 Å². The molecular formula is C73H117N23O24S4. The SMILES string of the molecule is CCC(C)C(NC(=O)C(CCC(N)=O)NC(=O)C1CCCN1C(=O)C(CC(N)=O)NC(=O)C(Cc1cnc[nH]1)NC(=O)C(NC(=O)C(NC(=O)C(CS)NC(=O)C(NC(=O)C1CCCN1C(=O)C(CC(N)=O)NC(=O)C(CO)NC(=O)C(CS)NC(=O)C(CS)NC(=O)C1CCCN1C(=O)C(N)CC(=O)O)C(C)C)C(C)O)C(C)C)C(=O)NC(CS)C(N)=O. The van der Waals surface area contributed by atoms with Crippen LogP contribution in [-0.2, 0) is 107 Å². The molecule has 0 spiro atoms. The van der Waals surface area contributed by atoms with E-state index in [0.717, 1.165) is 21.6 Å². The Balaban J connectivity index is 1.46. The molecule has 47 nitrogen and oxygen atoms in total. The zero-order valence-corrected chi connectivity index (χ0v) is 73.1. The van der Waals surface area contributed by atoms with Crippen molar-refractivity contribution in [2.45, 2.75) is 241 Å². The summed E-state index contributed by atoms with van der Waals surface area (Å²) in [6, 6.07) is -26.4. The third-order valence-corrected chi connectivity index (χ3v) is 22.1. The third-order valence-electron chi connectivity index (χ3n) is 20.6. The highest BCUT2D eigenvalue weighted by Gasteiger charge is 2.46. The molecule has 3 fully saturated rings. The van der Waals surface area contributed by atoms with Crippen LogP contribution >= 0.6 is 50.5 Å². The van der Waals surface area contributed by atoms with Gasteiger partial charge in [0.25, 0.3) is 0 Å². The number of nitrogens with one attached hydrogen (secondary N) is 14. The number of amides is 20. The molecule has 3 saturated heterocycles. The van der Waals surface area contributed by atoms with Crippen molar-refractivity contribution in [3.05, 3.63) is 18.2 Å². The van der Waals surface area contributed by atoms with Gasteiger partial charge < -0.3 is 133 Å². The van der Waals surface area contributed by atoms with Crippen LogP contribution in [0.1, 0.15) is 131 Å². The van der Waals surface area contributed by atoms with Crippen LogP contribution in [0.5, 0.6) is 0 Å². The number of aliphatic carboxylic acids is 1. The van der Waals surface area contributed by atoms with Gasteiger partial charge in [-0.1, -0.05) is 48.0 Å². The summed E-state index contributed by atoms with van der Waals surface area (Å²) < 4.78 is 0. The smallest absolute Gasteiger partial charge is 0.305 e. The summed E-state index contributed by atoms with van der Waals surface area (Å²) >= 11 is 16.6. The quantitative estimate of drug-likeness (QED) is 0.0269. The molecule has 0 saturated carbocycles. The largest absolute Gasteiger partial charge is 0.481 e. The van der Waals surface area contributed by atoms with E-state index in [4.69, 9.17) is 33.8 Å². The summed E-state index contributed by atoms with van der Waals surface area (Å²) in [7, 11) is 0. The molecular weight excluding hydrogens is 1710 g/mol. The Morgan fingerprint density at radius 1 is 0.444 bits per heavy atom. The number of hydrogen-bond donors (Lipinski definition) is 26. The minimum Gasteiger partial charge on any atom is -0.481 e. The summed E-state index contributed by atoms with van der Waals surface area (Å²) in [5.41, 5.74) is 27.9. The predicted molar refractivity (Wildman–Crippen MR) is 450 cm³/mol. The van der Waals surface area contributed by atoms with Crippen LogP contribution in [0.15, 0.2) is 12.5 Å². The van der Waals surface area contributed by atoms with Gasteiger partial charge in [-0.05, 0) is 69.6 Å². The average molecular weight is 1830 g/mol. The molecule has 4 rings (SSSR count). The van der Waals surface area contributed by atoms with Crippen molar-refractivity contribution in [2.24, 2.45) is 46.4 Å². The molecule has 3 aliphatic heterocycles. The van der Waals surface area contributed by atoms with Crippen LogP contribution < -0.4 is 97.8 Å². The number of carbonyl (C=O) groups is 21. The van der Waals surface area contributed by atoms with Crippen LogP contribution in [-0.4, -0.2) is 322 Å². The summed E-state index contributed by atoms with van der Waals surface area (Å²) in [5, 5.41) is 62.0. The second-order valence-corrected chi connectivity index (χ2v) is 32.3. The minimum atomic E-state index is -1.91. The van der Waals surface area contributed by atoms with Crippen molar-refractivity contribution >= 4 is 175 Å². The van der Waals surface area contributed by atoms with E-state index in [2.05, 4.69) is 130 Å². The summed E-state index contributed by atoms with van der Waals surface area (Å²) in [5.74, 6) is -25.2. The van der Waals surface area contributed by atoms with E-state index in [-0.39, 0.29) is 68.9 Å². The molecule has 19 atom stereocenters. The van der Waals surface area contributed by atoms with Gasteiger partial charge in [-0.3, -0.25) is 101 Å². The highest BCUT2D eigenvalue weighted by molar-refractivity contribution is 7.80. The number of carboxylic acid groups (broad SMARTS) is 1. The van der Waals surface area contributed by atoms with E-state index in [1.165, 1.54) is 40.2 Å². The van der Waals surface area contributed by atoms with E-state index >= 15 is 0 Å². The lowest BCUT2D eigenvalue weighted by Crippen LogP contribution is -2.63. The number of thiol groups is 4. The monoisotopic (exact) mass is 1830 g/mol. The first-order chi connectivity index (χ1) is 58.3. The maximum atomic E-state index is 14.6. The number of aliphatic hydroxyl groups is 2. The van der Waals surface area contributed by atoms with Crippen LogP contribution in [0, 0.1) is 17.8 Å². The van der Waals surface area contributed by atoms with E-state index in [0.29, 0.717) is 12.8 Å². The number of rotatable bonds is 51. The van der Waals surface area contributed by atoms with E-state index in [1.54, 1.807) is 13.8 Å². The Morgan fingerprint density at radius 2 is 0.798 bits per heavy atom. The number of aliphatic hydroxyl groups excluding tert-OH is 2. The Morgan fingerprint density at radius 3 is 1.21 bits per heavy atom. The first-order valence-electron chi connectivity index (χ1n) is 40.0. The van der Waals surface area contributed by atoms with E-state index in [1.807, 2.05) is 0 Å². The third kappa shape index (κ3) is 31.5. The number of imidazole rings is 1. The molecule has 4 heterocycles. The molecule has 692 valence electrons. The molecule has 19 unspecified atom stereocenters. The summed E-state index contributed by atoms with van der Waals surface area (Å²) in [4.78, 5) is 294. The molecule has 124 heavy (non-hydrogen) atoms. The van der Waals surface area contributed by atoms with Crippen molar-refractivity contribution in [2.75, 3.05) is 49.3 Å². The van der Waals surface area contributed by atoms with Gasteiger partial charge >= 0.3 is 5.97 Å². The minimum absolute atomic E-state index is 0.0313.